The molecule has 0 unspecified atom stereocenters. The molecule has 0 heterocycles. The van der Waals surface area contributed by atoms with E-state index in [-0.39, 0.29) is 29.4 Å². The first-order chi connectivity index (χ1) is 11.4. The van der Waals surface area contributed by atoms with Crippen LogP contribution >= 0.6 is 11.6 Å². The van der Waals surface area contributed by atoms with Gasteiger partial charge in [-0.05, 0) is 24.1 Å². The molecule has 0 atom stereocenters. The van der Waals surface area contributed by atoms with Crippen LogP contribution in [-0.2, 0) is 19.1 Å². The first kappa shape index (κ1) is 19.5. The van der Waals surface area contributed by atoms with Gasteiger partial charge < -0.3 is 9.47 Å². The Kier molecular flexibility index (Phi) is 7.72. The minimum absolute atomic E-state index is 0.0637. The van der Waals surface area contributed by atoms with Crippen molar-refractivity contribution in [2.24, 2.45) is 0 Å². The molecule has 0 spiro atoms. The van der Waals surface area contributed by atoms with Gasteiger partial charge in [0, 0.05) is 5.57 Å². The molecule has 0 amide bonds. The highest BCUT2D eigenvalue weighted by Crippen LogP contribution is 2.24. The van der Waals surface area contributed by atoms with E-state index >= 15 is 0 Å². The third kappa shape index (κ3) is 5.56. The summed E-state index contributed by atoms with van der Waals surface area (Å²) < 4.78 is 9.97. The number of halogens is 1. The molecule has 4 nitrogen and oxygen atoms in total. The van der Waals surface area contributed by atoms with Crippen LogP contribution in [0, 0.1) is 0 Å². The Bertz CT molecular complexity index is 684. The number of rotatable bonds is 8. The molecule has 126 valence electrons. The first-order valence-electron chi connectivity index (χ1n) is 7.15. The second-order valence-corrected chi connectivity index (χ2v) is 5.21. The normalized spacial score (nSPS) is 11.1. The summed E-state index contributed by atoms with van der Waals surface area (Å²) in [7, 11) is 0. The van der Waals surface area contributed by atoms with Gasteiger partial charge in [0.1, 0.15) is 13.2 Å². The second kappa shape index (κ2) is 9.53. The fraction of sp³-hybridized carbons (Fsp3) is 0.158. The predicted octanol–water partition coefficient (Wildman–Crippen LogP) is 4.13. The summed E-state index contributed by atoms with van der Waals surface area (Å²) in [5, 5.41) is 0.172. The molecule has 0 radical (unpaired) electrons. The van der Waals surface area contributed by atoms with Crippen LogP contribution in [0.4, 0.5) is 0 Å². The van der Waals surface area contributed by atoms with Crippen LogP contribution in [0.3, 0.4) is 0 Å². The standard InChI is InChI=1S/C19H19ClO4/c1-5-14-7-9-15(10-8-14)17(16(20)6-2)19(22)24-12-11-23-18(21)13(3)4/h5-10H,1-3,11-12H2,4H3. The maximum atomic E-state index is 12.3. The Balaban J connectivity index is 2.80. The third-order valence-electron chi connectivity index (χ3n) is 2.96. The maximum Gasteiger partial charge on any atom is 0.340 e. The number of carbonyl (C=O) groups excluding carboxylic acids is 2. The van der Waals surface area contributed by atoms with E-state index in [1.165, 1.54) is 13.0 Å². The van der Waals surface area contributed by atoms with Crippen LogP contribution in [0.1, 0.15) is 18.1 Å². The number of carbonyl (C=O) groups is 2. The lowest BCUT2D eigenvalue weighted by Crippen LogP contribution is -2.15. The van der Waals surface area contributed by atoms with Crippen molar-refractivity contribution in [2.75, 3.05) is 13.2 Å². The molecular formula is C19H19ClO4. The molecule has 0 aliphatic carbocycles. The number of ether oxygens (including phenoxy) is 2. The molecular weight excluding hydrogens is 328 g/mol. The third-order valence-corrected chi connectivity index (χ3v) is 3.30. The van der Waals surface area contributed by atoms with Crippen molar-refractivity contribution >= 4 is 35.2 Å². The second-order valence-electron chi connectivity index (χ2n) is 4.81. The van der Waals surface area contributed by atoms with E-state index in [2.05, 4.69) is 19.7 Å². The fourth-order valence-electron chi connectivity index (χ4n) is 1.71. The van der Waals surface area contributed by atoms with Crippen molar-refractivity contribution < 1.29 is 19.1 Å². The molecule has 1 aromatic rings. The highest BCUT2D eigenvalue weighted by molar-refractivity contribution is 6.40. The Morgan fingerprint density at radius 2 is 1.62 bits per heavy atom. The van der Waals surface area contributed by atoms with Gasteiger partial charge in [0.2, 0.25) is 0 Å². The molecule has 0 fully saturated rings. The van der Waals surface area contributed by atoms with Gasteiger partial charge >= 0.3 is 11.9 Å². The van der Waals surface area contributed by atoms with Gasteiger partial charge in [-0.25, -0.2) is 9.59 Å². The molecule has 1 aromatic carbocycles. The van der Waals surface area contributed by atoms with Crippen molar-refractivity contribution in [3.63, 3.8) is 0 Å². The number of benzene rings is 1. The lowest BCUT2D eigenvalue weighted by molar-refractivity contribution is -0.146. The molecule has 0 N–H and O–H groups in total. The smallest absolute Gasteiger partial charge is 0.340 e. The van der Waals surface area contributed by atoms with Gasteiger partial charge in [-0.2, -0.15) is 0 Å². The van der Waals surface area contributed by atoms with Gasteiger partial charge in [-0.1, -0.05) is 61.7 Å². The molecule has 0 aromatic heterocycles. The molecule has 24 heavy (non-hydrogen) atoms. The number of hydrogen-bond acceptors (Lipinski definition) is 4. The SMILES string of the molecule is C=CC(Cl)=C(C(=O)OCCOC(=O)C(=C)C)c1ccc(C=C)cc1. The minimum Gasteiger partial charge on any atom is -0.459 e. The van der Waals surface area contributed by atoms with Crippen LogP contribution in [-0.4, -0.2) is 25.2 Å². The van der Waals surface area contributed by atoms with E-state index in [0.717, 1.165) is 5.56 Å². The van der Waals surface area contributed by atoms with E-state index < -0.39 is 11.9 Å². The van der Waals surface area contributed by atoms with Crippen molar-refractivity contribution in [1.29, 1.82) is 0 Å². The van der Waals surface area contributed by atoms with Crippen LogP contribution < -0.4 is 0 Å². The van der Waals surface area contributed by atoms with Crippen molar-refractivity contribution in [1.82, 2.24) is 0 Å². The average Bonchev–Trinajstić information content (AvgIpc) is 2.58. The van der Waals surface area contributed by atoms with Crippen LogP contribution in [0.25, 0.3) is 11.6 Å². The Labute approximate surface area is 146 Å². The Morgan fingerprint density at radius 1 is 1.08 bits per heavy atom. The lowest BCUT2D eigenvalue weighted by atomic mass is 10.0. The first-order valence-corrected chi connectivity index (χ1v) is 7.53. The molecule has 0 saturated carbocycles. The molecule has 0 aliphatic heterocycles. The summed E-state index contributed by atoms with van der Waals surface area (Å²) in [4.78, 5) is 23.5. The zero-order valence-electron chi connectivity index (χ0n) is 13.5. The summed E-state index contributed by atoms with van der Waals surface area (Å²) in [6.45, 7) is 12.1. The largest absolute Gasteiger partial charge is 0.459 e. The van der Waals surface area contributed by atoms with Crippen LogP contribution in [0.5, 0.6) is 0 Å². The lowest BCUT2D eigenvalue weighted by Gasteiger charge is -2.10. The van der Waals surface area contributed by atoms with E-state index in [9.17, 15) is 9.59 Å². The number of allylic oxidation sites excluding steroid dienone is 2. The summed E-state index contributed by atoms with van der Waals surface area (Å²) >= 11 is 6.08. The van der Waals surface area contributed by atoms with Crippen molar-refractivity contribution in [2.45, 2.75) is 6.92 Å². The van der Waals surface area contributed by atoms with Gasteiger partial charge in [0.15, 0.2) is 0 Å². The maximum absolute atomic E-state index is 12.3. The van der Waals surface area contributed by atoms with E-state index in [1.54, 1.807) is 30.3 Å². The van der Waals surface area contributed by atoms with Crippen LogP contribution in [0.15, 0.2) is 60.7 Å². The van der Waals surface area contributed by atoms with Gasteiger partial charge in [0.05, 0.1) is 10.6 Å². The average molecular weight is 347 g/mol. The van der Waals surface area contributed by atoms with Gasteiger partial charge in [-0.15, -0.1) is 0 Å². The van der Waals surface area contributed by atoms with Crippen molar-refractivity contribution in [3.05, 3.63) is 71.8 Å². The van der Waals surface area contributed by atoms with E-state index in [1.807, 2.05) is 0 Å². The number of esters is 2. The van der Waals surface area contributed by atoms with Gasteiger partial charge in [0.25, 0.3) is 0 Å². The molecule has 0 saturated heterocycles. The summed E-state index contributed by atoms with van der Waals surface area (Å²) in [6.07, 6.45) is 3.05. The highest BCUT2D eigenvalue weighted by Gasteiger charge is 2.17. The van der Waals surface area contributed by atoms with Crippen LogP contribution in [0.2, 0.25) is 0 Å². The molecule has 0 aliphatic rings. The fourth-order valence-corrected chi connectivity index (χ4v) is 1.89. The molecule has 1 rings (SSSR count). The summed E-state index contributed by atoms with van der Waals surface area (Å²) in [5.74, 6) is -1.16. The van der Waals surface area contributed by atoms with Crippen molar-refractivity contribution in [3.8, 4) is 0 Å². The molecule has 0 bridgehead atoms. The monoisotopic (exact) mass is 346 g/mol. The Morgan fingerprint density at radius 3 is 2.08 bits per heavy atom. The highest BCUT2D eigenvalue weighted by atomic mass is 35.5. The van der Waals surface area contributed by atoms with E-state index in [4.69, 9.17) is 21.1 Å². The zero-order valence-corrected chi connectivity index (χ0v) is 14.3. The zero-order chi connectivity index (χ0) is 18.1. The predicted molar refractivity (Wildman–Crippen MR) is 96.2 cm³/mol. The Hall–Kier alpha value is -2.59. The quantitative estimate of drug-likeness (QED) is 0.307. The van der Waals surface area contributed by atoms with E-state index in [0.29, 0.717) is 5.56 Å². The number of hydrogen-bond donors (Lipinski definition) is 0. The summed E-state index contributed by atoms with van der Waals surface area (Å²) in [5.41, 5.74) is 1.97. The van der Waals surface area contributed by atoms with Gasteiger partial charge in [-0.3, -0.25) is 0 Å². The molecule has 5 heteroatoms. The minimum atomic E-state index is -0.627. The summed E-state index contributed by atoms with van der Waals surface area (Å²) in [6, 6.07) is 7.08. The topological polar surface area (TPSA) is 52.6 Å².